The molecular formula is C23H32FN3O4. The van der Waals surface area contributed by atoms with Gasteiger partial charge in [0.05, 0.1) is 25.0 Å². The number of esters is 1. The van der Waals surface area contributed by atoms with Gasteiger partial charge in [0.25, 0.3) is 0 Å². The zero-order chi connectivity index (χ0) is 21.6. The lowest BCUT2D eigenvalue weighted by Crippen LogP contribution is -2.42. The topological polar surface area (TPSA) is 93.5 Å². The molecule has 1 aromatic heterocycles. The van der Waals surface area contributed by atoms with Gasteiger partial charge in [0.2, 0.25) is 5.91 Å². The summed E-state index contributed by atoms with van der Waals surface area (Å²) >= 11 is 0. The maximum Gasteiger partial charge on any atom is 0.310 e. The monoisotopic (exact) mass is 433 g/mol. The Kier molecular flexibility index (Phi) is 5.31. The highest BCUT2D eigenvalue weighted by molar-refractivity contribution is 5.87. The maximum absolute atomic E-state index is 14.8. The van der Waals surface area contributed by atoms with Crippen LogP contribution in [0.1, 0.15) is 56.4 Å². The van der Waals surface area contributed by atoms with Crippen molar-refractivity contribution in [2.75, 3.05) is 19.7 Å². The smallest absolute Gasteiger partial charge is 0.310 e. The molecule has 2 heterocycles. The van der Waals surface area contributed by atoms with Crippen molar-refractivity contribution < 1.29 is 23.2 Å². The molecule has 170 valence electrons. The van der Waals surface area contributed by atoms with E-state index in [1.807, 2.05) is 6.92 Å². The first-order valence-electron chi connectivity index (χ1n) is 11.7. The number of hydrogen-bond donors (Lipinski definition) is 2. The van der Waals surface area contributed by atoms with Crippen LogP contribution in [-0.4, -0.2) is 42.4 Å². The maximum atomic E-state index is 14.8. The van der Waals surface area contributed by atoms with Crippen LogP contribution in [-0.2, 0) is 20.9 Å². The summed E-state index contributed by atoms with van der Waals surface area (Å²) in [5, 5.41) is 10.1. The van der Waals surface area contributed by atoms with Crippen molar-refractivity contribution in [3.8, 4) is 0 Å². The first-order valence-corrected chi connectivity index (χ1v) is 11.7. The standard InChI is InChI=1S/C23H32FN3O4/c1-14-12-15(27-31-14)13-26-20(28)18-16-2-3-17(23(16)4-5-23)19(18)21(29)30-11-8-22(24)6-9-25-10-7-22/h12,16-19,25H,2-11,13H2,1H3,(H,26,28)/t16-,17+,18+,19+/m0/s1. The van der Waals surface area contributed by atoms with Crippen LogP contribution in [0.25, 0.3) is 0 Å². The van der Waals surface area contributed by atoms with Crippen LogP contribution in [0, 0.1) is 36.0 Å². The van der Waals surface area contributed by atoms with Crippen LogP contribution < -0.4 is 10.6 Å². The van der Waals surface area contributed by atoms with Crippen molar-refractivity contribution in [1.29, 1.82) is 0 Å². The highest BCUT2D eigenvalue weighted by Gasteiger charge is 2.71. The number of piperidine rings is 1. The zero-order valence-electron chi connectivity index (χ0n) is 18.1. The van der Waals surface area contributed by atoms with Gasteiger partial charge in [-0.25, -0.2) is 4.39 Å². The van der Waals surface area contributed by atoms with Crippen LogP contribution >= 0.6 is 0 Å². The van der Waals surface area contributed by atoms with Crippen molar-refractivity contribution in [3.05, 3.63) is 17.5 Å². The van der Waals surface area contributed by atoms with Gasteiger partial charge in [-0.1, -0.05) is 5.16 Å². The predicted octanol–water partition coefficient (Wildman–Crippen LogP) is 2.68. The van der Waals surface area contributed by atoms with Gasteiger partial charge in [-0.3, -0.25) is 9.59 Å². The second kappa shape index (κ2) is 7.87. The highest BCUT2D eigenvalue weighted by atomic mass is 19.1. The van der Waals surface area contributed by atoms with E-state index in [4.69, 9.17) is 9.26 Å². The van der Waals surface area contributed by atoms with Gasteiger partial charge in [-0.05, 0) is 75.8 Å². The van der Waals surface area contributed by atoms with E-state index < -0.39 is 11.6 Å². The van der Waals surface area contributed by atoms with E-state index in [0.29, 0.717) is 37.4 Å². The first kappa shape index (κ1) is 20.9. The molecule has 0 aromatic carbocycles. The van der Waals surface area contributed by atoms with E-state index in [1.165, 1.54) is 0 Å². The van der Waals surface area contributed by atoms with E-state index >= 15 is 0 Å². The minimum absolute atomic E-state index is 0.0861. The third kappa shape index (κ3) is 3.77. The number of amides is 1. The summed E-state index contributed by atoms with van der Waals surface area (Å²) in [5.74, 6) is -0.0279. The predicted molar refractivity (Wildman–Crippen MR) is 109 cm³/mol. The number of aromatic nitrogens is 1. The van der Waals surface area contributed by atoms with Crippen molar-refractivity contribution in [3.63, 3.8) is 0 Å². The SMILES string of the molecule is Cc1cc(CNC(=O)[C@H]2[C@H](C(=O)OCCC3(F)CCNCC3)[C@H]3CC[C@@H]2C32CC2)no1. The van der Waals surface area contributed by atoms with Gasteiger partial charge in [0.15, 0.2) is 0 Å². The summed E-state index contributed by atoms with van der Waals surface area (Å²) in [4.78, 5) is 26.3. The highest BCUT2D eigenvalue weighted by Crippen LogP contribution is 2.74. The van der Waals surface area contributed by atoms with Crippen LogP contribution in [0.2, 0.25) is 0 Å². The second-order valence-electron chi connectivity index (χ2n) is 10.0. The fourth-order valence-corrected chi connectivity index (χ4v) is 6.68. The molecule has 3 saturated carbocycles. The largest absolute Gasteiger partial charge is 0.465 e. The van der Waals surface area contributed by atoms with E-state index in [1.54, 1.807) is 6.07 Å². The Morgan fingerprint density at radius 3 is 2.58 bits per heavy atom. The first-order chi connectivity index (χ1) is 14.9. The molecule has 31 heavy (non-hydrogen) atoms. The molecule has 4 atom stereocenters. The number of alkyl halides is 1. The number of aryl methyl sites for hydroxylation is 1. The summed E-state index contributed by atoms with van der Waals surface area (Å²) in [6.45, 7) is 3.50. The lowest BCUT2D eigenvalue weighted by Gasteiger charge is -2.31. The van der Waals surface area contributed by atoms with Crippen LogP contribution in [0.3, 0.4) is 0 Å². The molecule has 1 amide bonds. The third-order valence-electron chi connectivity index (χ3n) is 8.34. The van der Waals surface area contributed by atoms with E-state index in [2.05, 4.69) is 15.8 Å². The van der Waals surface area contributed by atoms with Crippen LogP contribution in [0.15, 0.2) is 10.6 Å². The van der Waals surface area contributed by atoms with Gasteiger partial charge in [-0.15, -0.1) is 0 Å². The summed E-state index contributed by atoms with van der Waals surface area (Å²) < 4.78 is 25.5. The molecule has 8 heteroatoms. The Morgan fingerprint density at radius 1 is 1.23 bits per heavy atom. The van der Waals surface area contributed by atoms with Crippen molar-refractivity contribution in [1.82, 2.24) is 15.8 Å². The molecule has 5 rings (SSSR count). The third-order valence-corrected chi connectivity index (χ3v) is 8.34. The van der Waals surface area contributed by atoms with Crippen molar-refractivity contribution >= 4 is 11.9 Å². The molecule has 7 nitrogen and oxygen atoms in total. The minimum atomic E-state index is -1.26. The summed E-state index contributed by atoms with van der Waals surface area (Å²) in [6, 6.07) is 1.79. The minimum Gasteiger partial charge on any atom is -0.465 e. The molecule has 0 radical (unpaired) electrons. The average molecular weight is 434 g/mol. The zero-order valence-corrected chi connectivity index (χ0v) is 18.1. The molecule has 4 fully saturated rings. The normalized spacial score (nSPS) is 32.2. The van der Waals surface area contributed by atoms with E-state index in [9.17, 15) is 14.0 Å². The molecule has 2 bridgehead atoms. The van der Waals surface area contributed by atoms with Gasteiger partial charge in [0.1, 0.15) is 17.1 Å². The lowest BCUT2D eigenvalue weighted by molar-refractivity contribution is -0.156. The number of carbonyl (C=O) groups is 2. The van der Waals surface area contributed by atoms with Gasteiger partial charge in [-0.2, -0.15) is 0 Å². The lowest BCUT2D eigenvalue weighted by atomic mass is 9.78. The van der Waals surface area contributed by atoms with E-state index in [0.717, 1.165) is 25.7 Å². The van der Waals surface area contributed by atoms with Gasteiger partial charge < -0.3 is 19.9 Å². The van der Waals surface area contributed by atoms with E-state index in [-0.39, 0.29) is 54.6 Å². The Hall–Kier alpha value is -1.96. The fourth-order valence-electron chi connectivity index (χ4n) is 6.68. The Balaban J connectivity index is 1.23. The Bertz CT molecular complexity index is 846. The summed E-state index contributed by atoms with van der Waals surface area (Å²) in [5.41, 5.74) is -0.443. The van der Waals surface area contributed by atoms with Gasteiger partial charge >= 0.3 is 5.97 Å². The molecule has 1 saturated heterocycles. The molecular weight excluding hydrogens is 401 g/mol. The molecule has 3 aliphatic carbocycles. The number of carbonyl (C=O) groups excluding carboxylic acids is 2. The molecule has 1 spiro atoms. The van der Waals surface area contributed by atoms with Gasteiger partial charge in [0, 0.05) is 12.5 Å². The quantitative estimate of drug-likeness (QED) is 0.642. The number of hydrogen-bond acceptors (Lipinski definition) is 6. The number of nitrogens with zero attached hydrogens (tertiary/aromatic N) is 1. The van der Waals surface area contributed by atoms with Crippen molar-refractivity contribution in [2.45, 2.75) is 64.1 Å². The fraction of sp³-hybridized carbons (Fsp3) is 0.783. The summed E-state index contributed by atoms with van der Waals surface area (Å²) in [6.07, 6.45) is 5.31. The number of halogens is 1. The molecule has 0 unspecified atom stereocenters. The van der Waals surface area contributed by atoms with Crippen LogP contribution in [0.4, 0.5) is 4.39 Å². The molecule has 4 aliphatic rings. The molecule has 1 aliphatic heterocycles. The summed E-state index contributed by atoms with van der Waals surface area (Å²) in [7, 11) is 0. The van der Waals surface area contributed by atoms with Crippen LogP contribution in [0.5, 0.6) is 0 Å². The average Bonchev–Trinajstić information content (AvgIpc) is 3.23. The molecule has 1 aromatic rings. The van der Waals surface area contributed by atoms with Crippen molar-refractivity contribution in [2.24, 2.45) is 29.1 Å². The Labute approximate surface area is 181 Å². The number of rotatable bonds is 7. The molecule has 2 N–H and O–H groups in total. The second-order valence-corrected chi connectivity index (χ2v) is 10.0. The number of ether oxygens (including phenoxy) is 1. The number of nitrogens with one attached hydrogen (secondary N) is 2. The Morgan fingerprint density at radius 2 is 1.94 bits per heavy atom.